The fraction of sp³-hybridized carbons (Fsp3) is 0.467. The van der Waals surface area contributed by atoms with Gasteiger partial charge in [0.05, 0.1) is 25.4 Å². The Morgan fingerprint density at radius 2 is 1.96 bits per heavy atom. The number of hydrogen-bond donors (Lipinski definition) is 1. The summed E-state index contributed by atoms with van der Waals surface area (Å²) in [5.74, 6) is -2.44. The lowest BCUT2D eigenvalue weighted by molar-refractivity contribution is -0.152. The molecule has 1 aromatic rings. The molecule has 0 aromatic carbocycles. The Labute approximate surface area is 138 Å². The number of amides is 2. The van der Waals surface area contributed by atoms with Crippen LogP contribution in [0.5, 0.6) is 0 Å². The SMILES string of the molecule is CCOC(=O)C(=O)Nc1cc(C(=O)N2CCOCC2)cn(C)c1=O. The number of hydrogen-bond acceptors (Lipinski definition) is 6. The third-order valence-electron chi connectivity index (χ3n) is 3.44. The standard InChI is InChI=1S/C15H19N3O6/c1-3-24-15(22)12(19)16-11-8-10(9-17(2)14(11)21)13(20)18-4-6-23-7-5-18/h8-9H,3-7H2,1-2H3,(H,16,19). The number of esters is 1. The highest BCUT2D eigenvalue weighted by Gasteiger charge is 2.22. The number of ether oxygens (including phenoxy) is 2. The first-order chi connectivity index (χ1) is 11.4. The minimum atomic E-state index is -1.09. The maximum Gasteiger partial charge on any atom is 0.397 e. The first kappa shape index (κ1) is 17.7. The summed E-state index contributed by atoms with van der Waals surface area (Å²) in [5, 5.41) is 2.19. The molecule has 0 atom stereocenters. The van der Waals surface area contributed by atoms with E-state index in [1.54, 1.807) is 11.8 Å². The highest BCUT2D eigenvalue weighted by molar-refractivity contribution is 6.37. The maximum atomic E-state index is 12.5. The van der Waals surface area contributed by atoms with E-state index in [0.717, 1.165) is 0 Å². The Kier molecular flexibility index (Phi) is 5.69. The highest BCUT2D eigenvalue weighted by atomic mass is 16.5. The molecular weight excluding hydrogens is 318 g/mol. The quantitative estimate of drug-likeness (QED) is 0.581. The number of aryl methyl sites for hydroxylation is 1. The van der Waals surface area contributed by atoms with Crippen molar-refractivity contribution in [3.63, 3.8) is 0 Å². The number of anilines is 1. The van der Waals surface area contributed by atoms with Crippen LogP contribution in [0.25, 0.3) is 0 Å². The summed E-state index contributed by atoms with van der Waals surface area (Å²) in [6.07, 6.45) is 1.39. The summed E-state index contributed by atoms with van der Waals surface area (Å²) in [5.41, 5.74) is -0.459. The molecule has 0 aliphatic carbocycles. The predicted octanol–water partition coefficient (Wildman–Crippen LogP) is -0.641. The second-order valence-electron chi connectivity index (χ2n) is 5.14. The van der Waals surface area contributed by atoms with Crippen molar-refractivity contribution in [1.29, 1.82) is 0 Å². The van der Waals surface area contributed by atoms with Gasteiger partial charge in [-0.05, 0) is 13.0 Å². The minimum Gasteiger partial charge on any atom is -0.459 e. The third kappa shape index (κ3) is 3.99. The predicted molar refractivity (Wildman–Crippen MR) is 83.7 cm³/mol. The van der Waals surface area contributed by atoms with E-state index in [1.807, 2.05) is 0 Å². The molecule has 1 aromatic heterocycles. The second-order valence-corrected chi connectivity index (χ2v) is 5.14. The lowest BCUT2D eigenvalue weighted by Crippen LogP contribution is -2.41. The van der Waals surface area contributed by atoms with Gasteiger partial charge in [0.25, 0.3) is 11.5 Å². The van der Waals surface area contributed by atoms with Crippen LogP contribution in [0.15, 0.2) is 17.1 Å². The van der Waals surface area contributed by atoms with Crippen molar-refractivity contribution in [2.24, 2.45) is 7.05 Å². The number of carbonyl (C=O) groups excluding carboxylic acids is 3. The highest BCUT2D eigenvalue weighted by Crippen LogP contribution is 2.10. The van der Waals surface area contributed by atoms with Crippen LogP contribution in [0, 0.1) is 0 Å². The van der Waals surface area contributed by atoms with Gasteiger partial charge in [0.2, 0.25) is 0 Å². The molecule has 1 N–H and O–H groups in total. The molecule has 9 nitrogen and oxygen atoms in total. The first-order valence-corrected chi connectivity index (χ1v) is 7.49. The zero-order valence-corrected chi connectivity index (χ0v) is 13.5. The zero-order chi connectivity index (χ0) is 17.7. The van der Waals surface area contributed by atoms with Gasteiger partial charge in [0, 0.05) is 26.3 Å². The molecule has 0 spiro atoms. The molecule has 1 saturated heterocycles. The summed E-state index contributed by atoms with van der Waals surface area (Å²) in [6, 6.07) is 1.26. The monoisotopic (exact) mass is 337 g/mol. The molecule has 1 aliphatic heterocycles. The molecule has 1 fully saturated rings. The largest absolute Gasteiger partial charge is 0.459 e. The van der Waals surface area contributed by atoms with E-state index in [2.05, 4.69) is 10.1 Å². The van der Waals surface area contributed by atoms with Crippen LogP contribution in [0.3, 0.4) is 0 Å². The van der Waals surface area contributed by atoms with Crippen LogP contribution in [0.1, 0.15) is 17.3 Å². The first-order valence-electron chi connectivity index (χ1n) is 7.49. The minimum absolute atomic E-state index is 0.0415. The van der Waals surface area contributed by atoms with Gasteiger partial charge in [0.15, 0.2) is 0 Å². The molecule has 0 saturated carbocycles. The Bertz CT molecular complexity index is 706. The van der Waals surface area contributed by atoms with Gasteiger partial charge in [0.1, 0.15) is 5.69 Å². The molecule has 0 bridgehead atoms. The van der Waals surface area contributed by atoms with Crippen LogP contribution < -0.4 is 10.9 Å². The molecule has 1 aliphatic rings. The number of morpholine rings is 1. The molecule has 2 heterocycles. The number of aromatic nitrogens is 1. The Morgan fingerprint density at radius 1 is 1.29 bits per heavy atom. The summed E-state index contributed by atoms with van der Waals surface area (Å²) in [6.45, 7) is 3.40. The fourth-order valence-corrected chi connectivity index (χ4v) is 2.24. The third-order valence-corrected chi connectivity index (χ3v) is 3.44. The maximum absolute atomic E-state index is 12.5. The van der Waals surface area contributed by atoms with Crippen LogP contribution >= 0.6 is 0 Å². The number of carbonyl (C=O) groups is 3. The smallest absolute Gasteiger partial charge is 0.397 e. The average molecular weight is 337 g/mol. The summed E-state index contributed by atoms with van der Waals surface area (Å²) in [4.78, 5) is 49.3. The Hall–Kier alpha value is -2.68. The van der Waals surface area contributed by atoms with Crippen molar-refractivity contribution < 1.29 is 23.9 Å². The van der Waals surface area contributed by atoms with Crippen molar-refractivity contribution >= 4 is 23.5 Å². The van der Waals surface area contributed by atoms with Gasteiger partial charge in [-0.1, -0.05) is 0 Å². The van der Waals surface area contributed by atoms with Crippen LogP contribution in [0.2, 0.25) is 0 Å². The van der Waals surface area contributed by atoms with Gasteiger partial charge in [-0.2, -0.15) is 0 Å². The second kappa shape index (κ2) is 7.73. The number of rotatable bonds is 3. The van der Waals surface area contributed by atoms with E-state index in [1.165, 1.54) is 23.9 Å². The molecule has 0 unspecified atom stereocenters. The summed E-state index contributed by atoms with van der Waals surface area (Å²) < 4.78 is 10.9. The van der Waals surface area contributed by atoms with E-state index in [9.17, 15) is 19.2 Å². The van der Waals surface area contributed by atoms with Crippen molar-refractivity contribution in [1.82, 2.24) is 9.47 Å². The average Bonchev–Trinajstić information content (AvgIpc) is 2.59. The fourth-order valence-electron chi connectivity index (χ4n) is 2.24. The van der Waals surface area contributed by atoms with Crippen molar-refractivity contribution in [3.8, 4) is 0 Å². The molecule has 2 amide bonds. The van der Waals surface area contributed by atoms with E-state index in [0.29, 0.717) is 26.3 Å². The van der Waals surface area contributed by atoms with Crippen LogP contribution in [0.4, 0.5) is 5.69 Å². The van der Waals surface area contributed by atoms with E-state index in [4.69, 9.17) is 4.74 Å². The van der Waals surface area contributed by atoms with E-state index >= 15 is 0 Å². The number of nitrogens with zero attached hydrogens (tertiary/aromatic N) is 2. The molecule has 2 rings (SSSR count). The number of nitrogens with one attached hydrogen (secondary N) is 1. The van der Waals surface area contributed by atoms with Crippen molar-refractivity contribution in [2.75, 3.05) is 38.2 Å². The summed E-state index contributed by atoms with van der Waals surface area (Å²) >= 11 is 0. The normalized spacial score (nSPS) is 14.2. The van der Waals surface area contributed by atoms with Gasteiger partial charge >= 0.3 is 11.9 Å². The van der Waals surface area contributed by atoms with Crippen molar-refractivity contribution in [2.45, 2.75) is 6.92 Å². The molecule has 0 radical (unpaired) electrons. The lowest BCUT2D eigenvalue weighted by atomic mass is 10.2. The van der Waals surface area contributed by atoms with E-state index in [-0.39, 0.29) is 23.8 Å². The van der Waals surface area contributed by atoms with Crippen LogP contribution in [-0.4, -0.2) is 60.2 Å². The van der Waals surface area contributed by atoms with Gasteiger partial charge < -0.3 is 24.3 Å². The topological polar surface area (TPSA) is 107 Å². The molecule has 9 heteroatoms. The van der Waals surface area contributed by atoms with Gasteiger partial charge in [-0.3, -0.25) is 14.4 Å². The molecule has 130 valence electrons. The van der Waals surface area contributed by atoms with Crippen molar-refractivity contribution in [3.05, 3.63) is 28.2 Å². The Morgan fingerprint density at radius 3 is 2.58 bits per heavy atom. The van der Waals surface area contributed by atoms with Gasteiger partial charge in [-0.25, -0.2) is 4.79 Å². The molecule has 24 heavy (non-hydrogen) atoms. The Balaban J connectivity index is 2.24. The van der Waals surface area contributed by atoms with Gasteiger partial charge in [-0.15, -0.1) is 0 Å². The lowest BCUT2D eigenvalue weighted by Gasteiger charge is -2.27. The molecular formula is C15H19N3O6. The van der Waals surface area contributed by atoms with E-state index < -0.39 is 17.4 Å². The summed E-state index contributed by atoms with van der Waals surface area (Å²) in [7, 11) is 1.46. The number of pyridine rings is 1. The zero-order valence-electron chi connectivity index (χ0n) is 13.5. The van der Waals surface area contributed by atoms with Crippen LogP contribution in [-0.2, 0) is 26.1 Å².